The van der Waals surface area contributed by atoms with Crippen LogP contribution in [0.3, 0.4) is 0 Å². The van der Waals surface area contributed by atoms with Crippen LogP contribution in [-0.4, -0.2) is 54.5 Å². The Labute approximate surface area is 193 Å². The molecule has 2 aromatic rings. The average molecular weight is 507 g/mol. The third-order valence-corrected chi connectivity index (χ3v) is 5.32. The number of halogens is 3. The van der Waals surface area contributed by atoms with Gasteiger partial charge in [0.05, 0.1) is 6.26 Å². The molecule has 0 bridgehead atoms. The molecule has 34 heavy (non-hydrogen) atoms. The molecule has 0 aromatic carbocycles. The predicted molar refractivity (Wildman–Crippen MR) is 116 cm³/mol. The zero-order valence-electron chi connectivity index (χ0n) is 18.6. The Morgan fingerprint density at radius 3 is 2.62 bits per heavy atom. The number of sulfonamides is 1. The Morgan fingerprint density at radius 1 is 1.24 bits per heavy atom. The first-order chi connectivity index (χ1) is 15.8. The first-order valence-electron chi connectivity index (χ1n) is 10.3. The molecule has 1 saturated carbocycles. The van der Waals surface area contributed by atoms with Gasteiger partial charge in [0.2, 0.25) is 15.9 Å². The first kappa shape index (κ1) is 25.4. The fourth-order valence-electron chi connectivity index (χ4n) is 3.47. The van der Waals surface area contributed by atoms with E-state index in [1.807, 2.05) is 18.6 Å². The lowest BCUT2D eigenvalue weighted by atomic mass is 10.0. The third kappa shape index (κ3) is 7.67. The zero-order valence-corrected chi connectivity index (χ0v) is 19.4. The second-order valence-corrected chi connectivity index (χ2v) is 9.89. The molecule has 0 unspecified atom stereocenters. The van der Waals surface area contributed by atoms with Gasteiger partial charge in [0.1, 0.15) is 17.6 Å². The van der Waals surface area contributed by atoms with Gasteiger partial charge in [-0.1, -0.05) is 0 Å². The number of nitrogens with one attached hydrogen (secondary N) is 4. The van der Waals surface area contributed by atoms with Crippen LogP contribution in [0.4, 0.5) is 35.3 Å². The summed E-state index contributed by atoms with van der Waals surface area (Å²) >= 11 is 0. The minimum absolute atomic E-state index is 0.0298. The normalized spacial score (nSPS) is 18.6. The van der Waals surface area contributed by atoms with Crippen molar-refractivity contribution in [3.05, 3.63) is 23.9 Å². The van der Waals surface area contributed by atoms with Gasteiger partial charge in [0.25, 0.3) is 0 Å². The number of anilines is 3. The van der Waals surface area contributed by atoms with E-state index in [4.69, 9.17) is 4.74 Å². The summed E-state index contributed by atoms with van der Waals surface area (Å²) < 4.78 is 72.3. The summed E-state index contributed by atoms with van der Waals surface area (Å²) in [5.74, 6) is -0.673. The number of carbonyl (C=O) groups is 1. The molecular weight excluding hydrogens is 481 g/mol. The molecule has 0 aliphatic heterocycles. The van der Waals surface area contributed by atoms with Gasteiger partial charge in [0.15, 0.2) is 5.82 Å². The van der Waals surface area contributed by atoms with Gasteiger partial charge < -0.3 is 20.1 Å². The van der Waals surface area contributed by atoms with Crippen molar-refractivity contribution in [2.24, 2.45) is 0 Å². The van der Waals surface area contributed by atoms with E-state index < -0.39 is 34.0 Å². The molecule has 3 rings (SSSR count). The molecule has 0 saturated heterocycles. The fourth-order valence-corrected chi connectivity index (χ4v) is 4.02. The van der Waals surface area contributed by atoms with E-state index in [-0.39, 0.29) is 29.7 Å². The Morgan fingerprint density at radius 2 is 1.97 bits per heavy atom. The van der Waals surface area contributed by atoms with Crippen molar-refractivity contribution >= 4 is 33.4 Å². The van der Waals surface area contributed by atoms with Crippen molar-refractivity contribution in [3.63, 3.8) is 0 Å². The molecule has 2 atom stereocenters. The van der Waals surface area contributed by atoms with Crippen molar-refractivity contribution in [3.8, 4) is 5.88 Å². The topological polar surface area (TPSA) is 147 Å². The minimum Gasteiger partial charge on any atom is -0.446 e. The van der Waals surface area contributed by atoms with Crippen LogP contribution < -0.4 is 20.1 Å². The summed E-state index contributed by atoms with van der Waals surface area (Å²) in [5, 5.41) is 12.4. The first-order valence-corrected chi connectivity index (χ1v) is 12.2. The highest BCUT2D eigenvalue weighted by atomic mass is 32.2. The van der Waals surface area contributed by atoms with Crippen molar-refractivity contribution < 1.29 is 35.9 Å². The van der Waals surface area contributed by atoms with Crippen LogP contribution in [-0.2, 0) is 14.8 Å². The lowest BCUT2D eigenvalue weighted by Gasteiger charge is -2.14. The molecule has 2 heterocycles. The number of nitrogens with zero attached hydrogens (tertiary/aromatic N) is 2. The Bertz CT molecular complexity index is 1120. The van der Waals surface area contributed by atoms with Gasteiger partial charge in [-0.2, -0.15) is 10.1 Å². The summed E-state index contributed by atoms with van der Waals surface area (Å²) in [6.45, 7) is 3.67. The summed E-state index contributed by atoms with van der Waals surface area (Å²) in [6, 6.07) is 4.01. The van der Waals surface area contributed by atoms with Crippen molar-refractivity contribution in [2.45, 2.75) is 57.5 Å². The number of aromatic nitrogens is 3. The number of amides is 1. The summed E-state index contributed by atoms with van der Waals surface area (Å²) in [6.07, 6.45) is -2.95. The number of alkyl halides is 3. The number of alkyl carbamates (subject to hydrolysis) is 1. The highest BCUT2D eigenvalue weighted by molar-refractivity contribution is 7.92. The van der Waals surface area contributed by atoms with Gasteiger partial charge in [-0.05, 0) is 45.2 Å². The largest absolute Gasteiger partial charge is 0.574 e. The van der Waals surface area contributed by atoms with Crippen molar-refractivity contribution in [2.75, 3.05) is 16.3 Å². The minimum atomic E-state index is -5.08. The number of hydrogen-bond donors (Lipinski definition) is 4. The van der Waals surface area contributed by atoms with Crippen LogP contribution in [0.2, 0.25) is 0 Å². The lowest BCUT2D eigenvalue weighted by Crippen LogP contribution is -2.33. The van der Waals surface area contributed by atoms with Gasteiger partial charge in [0, 0.05) is 23.7 Å². The molecule has 2 aromatic heterocycles. The summed E-state index contributed by atoms with van der Waals surface area (Å²) in [7, 11) is -3.86. The number of ether oxygens (including phenoxy) is 2. The summed E-state index contributed by atoms with van der Waals surface area (Å²) in [5.41, 5.74) is 0.298. The maximum absolute atomic E-state index is 12.7. The van der Waals surface area contributed by atoms with Crippen LogP contribution in [0.5, 0.6) is 5.88 Å². The van der Waals surface area contributed by atoms with E-state index in [0.717, 1.165) is 24.4 Å². The molecule has 0 spiro atoms. The Hall–Kier alpha value is -3.23. The smallest absolute Gasteiger partial charge is 0.446 e. The Kier molecular flexibility index (Phi) is 7.43. The van der Waals surface area contributed by atoms with Crippen LogP contribution in [0.1, 0.15) is 44.7 Å². The number of pyridine rings is 1. The lowest BCUT2D eigenvalue weighted by molar-refractivity contribution is -0.275. The molecule has 1 fully saturated rings. The third-order valence-electron chi connectivity index (χ3n) is 4.73. The van der Waals surface area contributed by atoms with Crippen LogP contribution in [0.15, 0.2) is 18.2 Å². The molecule has 15 heteroatoms. The Balaban J connectivity index is 1.67. The standard InChI is InChI=1S/C19H25F3N6O5S/c1-10(2)23-18(29)32-12-5-4-11(8-12)14-9-16(27-26-14)24-15-7-6-13(28-34(3,30)31)17(25-15)33-19(20,21)22/h6-7,9-12,28H,4-5,8H2,1-3H3,(H,23,29)(H2,24,25,26,27)/t11-,12+/m1/s1. The van der Waals surface area contributed by atoms with Crippen molar-refractivity contribution in [1.29, 1.82) is 0 Å². The molecular formula is C19H25F3N6O5S. The van der Waals surface area contributed by atoms with E-state index in [1.165, 1.54) is 6.07 Å². The molecule has 4 N–H and O–H groups in total. The van der Waals surface area contributed by atoms with Gasteiger partial charge in [-0.25, -0.2) is 13.2 Å². The van der Waals surface area contributed by atoms with Crippen LogP contribution in [0.25, 0.3) is 0 Å². The molecule has 1 amide bonds. The molecule has 0 radical (unpaired) electrons. The maximum atomic E-state index is 12.7. The second kappa shape index (κ2) is 9.95. The monoisotopic (exact) mass is 506 g/mol. The quantitative estimate of drug-likeness (QED) is 0.425. The van der Waals surface area contributed by atoms with E-state index in [0.29, 0.717) is 12.8 Å². The predicted octanol–water partition coefficient (Wildman–Crippen LogP) is 3.59. The zero-order chi connectivity index (χ0) is 25.1. The van der Waals surface area contributed by atoms with Crippen LogP contribution in [0, 0.1) is 0 Å². The van der Waals surface area contributed by atoms with Crippen LogP contribution >= 0.6 is 0 Å². The number of aromatic amines is 1. The fraction of sp³-hybridized carbons (Fsp3) is 0.526. The number of rotatable bonds is 8. The molecule has 11 nitrogen and oxygen atoms in total. The second-order valence-electron chi connectivity index (χ2n) is 8.14. The molecule has 188 valence electrons. The molecule has 1 aliphatic rings. The van der Waals surface area contributed by atoms with E-state index in [9.17, 15) is 26.4 Å². The number of hydrogen-bond acceptors (Lipinski definition) is 8. The van der Waals surface area contributed by atoms with Crippen molar-refractivity contribution in [1.82, 2.24) is 20.5 Å². The van der Waals surface area contributed by atoms with Gasteiger partial charge in [-0.15, -0.1) is 13.2 Å². The average Bonchev–Trinajstić information content (AvgIpc) is 3.30. The summed E-state index contributed by atoms with van der Waals surface area (Å²) in [4.78, 5) is 15.5. The van der Waals surface area contributed by atoms with E-state index in [2.05, 4.69) is 30.6 Å². The highest BCUT2D eigenvalue weighted by Gasteiger charge is 2.34. The SMILES string of the molecule is CC(C)NC(=O)O[C@H]1CC[C@@H](c2cc(Nc3ccc(NS(C)(=O)=O)c(OC(F)(F)F)n3)n[nH]2)C1. The number of H-pyrrole nitrogens is 1. The van der Waals surface area contributed by atoms with E-state index in [1.54, 1.807) is 6.07 Å². The number of carbonyl (C=O) groups excluding carboxylic acids is 1. The van der Waals surface area contributed by atoms with E-state index >= 15 is 0 Å². The highest BCUT2D eigenvalue weighted by Crippen LogP contribution is 2.36. The van der Waals surface area contributed by atoms with Gasteiger partial charge >= 0.3 is 12.5 Å². The molecule has 1 aliphatic carbocycles. The van der Waals surface area contributed by atoms with Gasteiger partial charge in [-0.3, -0.25) is 9.82 Å². The maximum Gasteiger partial charge on any atom is 0.574 e.